The van der Waals surface area contributed by atoms with Crippen LogP contribution in [0.2, 0.25) is 0 Å². The van der Waals surface area contributed by atoms with Crippen LogP contribution in [0.25, 0.3) is 11.2 Å². The largest absolute Gasteiger partial charge is 0.306 e. The number of imidazole rings is 1. The highest BCUT2D eigenvalue weighted by molar-refractivity contribution is 9.10. The molecule has 3 nitrogen and oxygen atoms in total. The summed E-state index contributed by atoms with van der Waals surface area (Å²) >= 11 is 9.36. The molecule has 0 N–H and O–H groups in total. The van der Waals surface area contributed by atoms with Crippen molar-refractivity contribution < 1.29 is 0 Å². The molecule has 0 unspecified atom stereocenters. The molecule has 1 saturated carbocycles. The topological polar surface area (TPSA) is 30.7 Å². The summed E-state index contributed by atoms with van der Waals surface area (Å²) in [6.45, 7) is 2.23. The van der Waals surface area contributed by atoms with Gasteiger partial charge in [-0.2, -0.15) is 0 Å². The SMILES string of the molecule is CC1(n2c(CCl)nc3cc(Br)cnc32)CC1. The van der Waals surface area contributed by atoms with Gasteiger partial charge in [0.05, 0.1) is 5.88 Å². The van der Waals surface area contributed by atoms with Crippen molar-refractivity contribution in [2.24, 2.45) is 0 Å². The van der Waals surface area contributed by atoms with Crippen LogP contribution in [-0.4, -0.2) is 14.5 Å². The van der Waals surface area contributed by atoms with Gasteiger partial charge in [-0.05, 0) is 41.8 Å². The highest BCUT2D eigenvalue weighted by atomic mass is 79.9. The second-order valence-electron chi connectivity index (χ2n) is 4.49. The van der Waals surface area contributed by atoms with E-state index in [0.717, 1.165) is 21.5 Å². The van der Waals surface area contributed by atoms with Gasteiger partial charge in [-0.3, -0.25) is 0 Å². The lowest BCUT2D eigenvalue weighted by atomic mass is 10.3. The lowest BCUT2D eigenvalue weighted by Gasteiger charge is -2.14. The van der Waals surface area contributed by atoms with E-state index in [4.69, 9.17) is 11.6 Å². The van der Waals surface area contributed by atoms with Crippen molar-refractivity contribution in [1.29, 1.82) is 0 Å². The molecule has 0 saturated heterocycles. The number of hydrogen-bond donors (Lipinski definition) is 0. The normalized spacial score (nSPS) is 17.9. The molecule has 1 aliphatic carbocycles. The minimum atomic E-state index is 0.180. The summed E-state index contributed by atoms with van der Waals surface area (Å²) in [5.74, 6) is 1.35. The van der Waals surface area contributed by atoms with E-state index in [1.165, 1.54) is 12.8 Å². The molecule has 1 fully saturated rings. The molecule has 0 radical (unpaired) electrons. The number of nitrogens with zero attached hydrogens (tertiary/aromatic N) is 3. The first kappa shape index (κ1) is 10.5. The van der Waals surface area contributed by atoms with E-state index >= 15 is 0 Å². The molecule has 16 heavy (non-hydrogen) atoms. The van der Waals surface area contributed by atoms with Gasteiger partial charge in [-0.25, -0.2) is 9.97 Å². The average Bonchev–Trinajstić information content (AvgIpc) is 2.89. The molecule has 0 aliphatic heterocycles. The minimum Gasteiger partial charge on any atom is -0.306 e. The number of aromatic nitrogens is 3. The first-order valence-corrected chi connectivity index (χ1v) is 6.56. The molecule has 0 atom stereocenters. The van der Waals surface area contributed by atoms with Crippen molar-refractivity contribution in [1.82, 2.24) is 14.5 Å². The van der Waals surface area contributed by atoms with Gasteiger partial charge < -0.3 is 4.57 Å². The standard InChI is InChI=1S/C11H11BrClN3/c1-11(2-3-11)16-9(5-13)15-8-4-7(12)6-14-10(8)16/h4,6H,2-3,5H2,1H3. The van der Waals surface area contributed by atoms with Gasteiger partial charge in [0.2, 0.25) is 0 Å². The van der Waals surface area contributed by atoms with Crippen LogP contribution in [0.1, 0.15) is 25.6 Å². The average molecular weight is 301 g/mol. The van der Waals surface area contributed by atoms with Gasteiger partial charge in [0.1, 0.15) is 11.3 Å². The van der Waals surface area contributed by atoms with E-state index in [-0.39, 0.29) is 5.54 Å². The Morgan fingerprint density at radius 1 is 1.56 bits per heavy atom. The molecule has 2 aromatic rings. The quantitative estimate of drug-likeness (QED) is 0.795. The van der Waals surface area contributed by atoms with Crippen LogP contribution in [-0.2, 0) is 11.4 Å². The number of fused-ring (bicyclic) bond motifs is 1. The number of rotatable bonds is 2. The maximum absolute atomic E-state index is 5.95. The lowest BCUT2D eigenvalue weighted by molar-refractivity contribution is 0.527. The van der Waals surface area contributed by atoms with Gasteiger partial charge in [-0.1, -0.05) is 0 Å². The molecule has 84 valence electrons. The van der Waals surface area contributed by atoms with Gasteiger partial charge in [-0.15, -0.1) is 11.6 Å². The van der Waals surface area contributed by atoms with Crippen molar-refractivity contribution in [3.05, 3.63) is 22.6 Å². The number of halogens is 2. The third kappa shape index (κ3) is 1.47. The maximum atomic E-state index is 5.95. The number of alkyl halides is 1. The van der Waals surface area contributed by atoms with Crippen LogP contribution in [0.3, 0.4) is 0 Å². The molecule has 0 amide bonds. The lowest BCUT2D eigenvalue weighted by Crippen LogP contribution is -2.15. The molecule has 2 aromatic heterocycles. The predicted molar refractivity (Wildman–Crippen MR) is 67.7 cm³/mol. The summed E-state index contributed by atoms with van der Waals surface area (Å²) in [7, 11) is 0. The summed E-state index contributed by atoms with van der Waals surface area (Å²) in [6.07, 6.45) is 4.17. The number of pyridine rings is 1. The Kier molecular flexibility index (Phi) is 2.27. The van der Waals surface area contributed by atoms with E-state index in [2.05, 4.69) is 37.4 Å². The molecule has 2 heterocycles. The third-order valence-electron chi connectivity index (χ3n) is 3.17. The Labute approximate surface area is 107 Å². The van der Waals surface area contributed by atoms with Crippen LogP contribution in [0.5, 0.6) is 0 Å². The fraction of sp³-hybridized carbons (Fsp3) is 0.455. The smallest absolute Gasteiger partial charge is 0.160 e. The maximum Gasteiger partial charge on any atom is 0.160 e. The van der Waals surface area contributed by atoms with Crippen molar-refractivity contribution >= 4 is 38.7 Å². The molecule has 0 bridgehead atoms. The van der Waals surface area contributed by atoms with Gasteiger partial charge in [0.25, 0.3) is 0 Å². The Bertz CT molecular complexity index is 560. The van der Waals surface area contributed by atoms with E-state index in [1.807, 2.05) is 12.3 Å². The van der Waals surface area contributed by atoms with E-state index < -0.39 is 0 Å². The second kappa shape index (κ2) is 3.44. The summed E-state index contributed by atoms with van der Waals surface area (Å²) in [5.41, 5.74) is 2.04. The molecule has 5 heteroatoms. The molecule has 3 rings (SSSR count). The van der Waals surface area contributed by atoms with Gasteiger partial charge in [0, 0.05) is 16.2 Å². The number of hydrogen-bond acceptors (Lipinski definition) is 2. The monoisotopic (exact) mass is 299 g/mol. The van der Waals surface area contributed by atoms with E-state index in [9.17, 15) is 0 Å². The summed E-state index contributed by atoms with van der Waals surface area (Å²) in [4.78, 5) is 8.99. The Morgan fingerprint density at radius 3 is 2.94 bits per heavy atom. The predicted octanol–water partition coefficient (Wildman–Crippen LogP) is 3.44. The highest BCUT2D eigenvalue weighted by Crippen LogP contribution is 2.45. The van der Waals surface area contributed by atoms with Crippen LogP contribution < -0.4 is 0 Å². The molecule has 1 aliphatic rings. The van der Waals surface area contributed by atoms with E-state index in [1.54, 1.807) is 0 Å². The Morgan fingerprint density at radius 2 is 2.31 bits per heavy atom. The summed E-state index contributed by atoms with van der Waals surface area (Å²) in [5, 5.41) is 0. The fourth-order valence-corrected chi connectivity index (χ4v) is 2.55. The summed E-state index contributed by atoms with van der Waals surface area (Å²) < 4.78 is 3.15. The zero-order valence-electron chi connectivity index (χ0n) is 8.87. The van der Waals surface area contributed by atoms with Crippen LogP contribution in [0.4, 0.5) is 0 Å². The fourth-order valence-electron chi connectivity index (χ4n) is 2.05. The van der Waals surface area contributed by atoms with Crippen LogP contribution >= 0.6 is 27.5 Å². The Hall–Kier alpha value is -0.610. The molecule has 0 spiro atoms. The van der Waals surface area contributed by atoms with Gasteiger partial charge >= 0.3 is 0 Å². The van der Waals surface area contributed by atoms with Crippen LogP contribution in [0, 0.1) is 0 Å². The minimum absolute atomic E-state index is 0.180. The van der Waals surface area contributed by atoms with Crippen molar-refractivity contribution in [2.45, 2.75) is 31.2 Å². The van der Waals surface area contributed by atoms with E-state index in [0.29, 0.717) is 5.88 Å². The molecular formula is C11H11BrClN3. The third-order valence-corrected chi connectivity index (χ3v) is 3.84. The summed E-state index contributed by atoms with van der Waals surface area (Å²) in [6, 6.07) is 1.99. The van der Waals surface area contributed by atoms with Crippen molar-refractivity contribution in [3.63, 3.8) is 0 Å². The first-order valence-electron chi connectivity index (χ1n) is 5.23. The Balaban J connectivity index is 2.31. The zero-order chi connectivity index (χ0) is 11.3. The van der Waals surface area contributed by atoms with Crippen molar-refractivity contribution in [2.75, 3.05) is 0 Å². The van der Waals surface area contributed by atoms with Crippen molar-refractivity contribution in [3.8, 4) is 0 Å². The van der Waals surface area contributed by atoms with Crippen LogP contribution in [0.15, 0.2) is 16.7 Å². The second-order valence-corrected chi connectivity index (χ2v) is 5.67. The first-order chi connectivity index (χ1) is 7.64. The highest BCUT2D eigenvalue weighted by Gasteiger charge is 2.42. The zero-order valence-corrected chi connectivity index (χ0v) is 11.2. The molecule has 0 aromatic carbocycles. The van der Waals surface area contributed by atoms with Gasteiger partial charge in [0.15, 0.2) is 5.65 Å². The molecular weight excluding hydrogens is 289 g/mol.